The molecule has 1 N–H and O–H groups in total. The third-order valence-corrected chi connectivity index (χ3v) is 2.93. The van der Waals surface area contributed by atoms with Gasteiger partial charge in [0.1, 0.15) is 18.7 Å². The Labute approximate surface area is 151 Å². The molecule has 1 rings (SSSR count). The van der Waals surface area contributed by atoms with Crippen molar-refractivity contribution in [3.63, 3.8) is 0 Å². The maximum absolute atomic E-state index is 12.3. The number of nitrogens with one attached hydrogen (secondary N) is 1. The number of hydrogen-bond donors (Lipinski definition) is 1. The Hall–Kier alpha value is -2.86. The lowest BCUT2D eigenvalue weighted by molar-refractivity contribution is -0.393. The van der Waals surface area contributed by atoms with Gasteiger partial charge in [-0.2, -0.15) is 13.2 Å². The number of amides is 1. The van der Waals surface area contributed by atoms with Crippen molar-refractivity contribution in [1.29, 1.82) is 0 Å². The highest BCUT2D eigenvalue weighted by molar-refractivity contribution is 5.82. The molecule has 0 unspecified atom stereocenters. The first kappa shape index (κ1) is 22.2. The van der Waals surface area contributed by atoms with Gasteiger partial charge in [0.15, 0.2) is 6.61 Å². The molecule has 0 bridgehead atoms. The largest absolute Gasteiger partial charge is 0.454 e. The van der Waals surface area contributed by atoms with E-state index < -0.39 is 53.7 Å². The number of nitrogens with zero attached hydrogens (tertiary/aromatic N) is 3. The number of aromatic nitrogens is 2. The number of nitro groups is 1. The molecular weight excluding hydrogens is 377 g/mol. The van der Waals surface area contributed by atoms with Crippen LogP contribution in [0.25, 0.3) is 0 Å². The number of alkyl carbamates (subject to hydrolysis) is 1. The first-order valence-electron chi connectivity index (χ1n) is 7.58. The van der Waals surface area contributed by atoms with Gasteiger partial charge in [-0.1, -0.05) is 5.10 Å². The van der Waals surface area contributed by atoms with Crippen LogP contribution in [0.4, 0.5) is 23.8 Å². The van der Waals surface area contributed by atoms with Crippen molar-refractivity contribution in [3.8, 4) is 0 Å². The second-order valence-corrected chi connectivity index (χ2v) is 6.50. The van der Waals surface area contributed by atoms with Crippen LogP contribution < -0.4 is 5.32 Å². The minimum absolute atomic E-state index is 0.0764. The van der Waals surface area contributed by atoms with Gasteiger partial charge >= 0.3 is 24.1 Å². The second-order valence-electron chi connectivity index (χ2n) is 6.50. The molecule has 0 aliphatic rings. The number of hydrogen-bond acceptors (Lipinski definition) is 7. The number of esters is 1. The van der Waals surface area contributed by atoms with Crippen molar-refractivity contribution < 1.29 is 37.2 Å². The molecule has 1 aromatic heterocycles. The van der Waals surface area contributed by atoms with E-state index in [2.05, 4.69) is 15.2 Å². The molecule has 0 aliphatic heterocycles. The molecule has 152 valence electrons. The minimum Gasteiger partial charge on any atom is -0.454 e. The summed E-state index contributed by atoms with van der Waals surface area (Å²) in [7, 11) is 1.28. The van der Waals surface area contributed by atoms with Gasteiger partial charge in [0, 0.05) is 6.42 Å². The number of halogens is 3. The molecule has 0 aromatic carbocycles. The van der Waals surface area contributed by atoms with Crippen LogP contribution in [0.15, 0.2) is 6.20 Å². The fourth-order valence-corrected chi connectivity index (χ4v) is 1.97. The van der Waals surface area contributed by atoms with Gasteiger partial charge in [0.25, 0.3) is 0 Å². The molecule has 0 saturated heterocycles. The topological polar surface area (TPSA) is 126 Å². The van der Waals surface area contributed by atoms with Gasteiger partial charge in [-0.25, -0.2) is 9.59 Å². The third kappa shape index (κ3) is 7.50. The molecule has 13 heteroatoms. The van der Waals surface area contributed by atoms with Crippen molar-refractivity contribution in [2.45, 2.75) is 45.0 Å². The Morgan fingerprint density at radius 2 is 1.96 bits per heavy atom. The molecule has 1 amide bonds. The average molecular weight is 396 g/mol. The highest BCUT2D eigenvalue weighted by atomic mass is 19.4. The summed E-state index contributed by atoms with van der Waals surface area (Å²) in [5.74, 6) is -1.90. The standard InChI is InChI=1S/C14H19F3N4O6/c1-13(2,3)27-12(23)19-9(11(22)26-7-14(15,16)17)5-8-6-18-20(4)10(8)21(24)25/h6,9H,5,7H2,1-4H3,(H,19,23)/t9-/m0/s1. The maximum Gasteiger partial charge on any atom is 0.422 e. The summed E-state index contributed by atoms with van der Waals surface area (Å²) in [6.45, 7) is 2.74. The zero-order valence-corrected chi connectivity index (χ0v) is 15.0. The monoisotopic (exact) mass is 396 g/mol. The summed E-state index contributed by atoms with van der Waals surface area (Å²) < 4.78 is 46.8. The van der Waals surface area contributed by atoms with E-state index in [1.807, 2.05) is 0 Å². The Balaban J connectivity index is 3.01. The fraction of sp³-hybridized carbons (Fsp3) is 0.643. The molecule has 1 heterocycles. The number of rotatable bonds is 6. The number of aryl methyl sites for hydroxylation is 1. The molecule has 1 atom stereocenters. The predicted molar refractivity (Wildman–Crippen MR) is 83.7 cm³/mol. The van der Waals surface area contributed by atoms with Gasteiger partial charge in [-0.3, -0.25) is 0 Å². The lowest BCUT2D eigenvalue weighted by Crippen LogP contribution is -2.46. The fourth-order valence-electron chi connectivity index (χ4n) is 1.97. The summed E-state index contributed by atoms with van der Waals surface area (Å²) in [4.78, 5) is 34.2. The van der Waals surface area contributed by atoms with Crippen LogP contribution in [0, 0.1) is 10.1 Å². The Morgan fingerprint density at radius 1 is 1.37 bits per heavy atom. The summed E-state index contributed by atoms with van der Waals surface area (Å²) in [5.41, 5.74) is -1.02. The van der Waals surface area contributed by atoms with E-state index in [9.17, 15) is 32.9 Å². The first-order chi connectivity index (χ1) is 12.2. The van der Waals surface area contributed by atoms with Gasteiger partial charge in [-0.05, 0) is 25.7 Å². The highest BCUT2D eigenvalue weighted by Crippen LogP contribution is 2.20. The molecule has 10 nitrogen and oxygen atoms in total. The van der Waals surface area contributed by atoms with Gasteiger partial charge in [0.2, 0.25) is 0 Å². The van der Waals surface area contributed by atoms with Crippen LogP contribution in [0.5, 0.6) is 0 Å². The quantitative estimate of drug-likeness (QED) is 0.442. The van der Waals surface area contributed by atoms with Gasteiger partial charge < -0.3 is 24.9 Å². The van der Waals surface area contributed by atoms with E-state index >= 15 is 0 Å². The van der Waals surface area contributed by atoms with Crippen molar-refractivity contribution in [2.24, 2.45) is 7.05 Å². The zero-order chi connectivity index (χ0) is 21.0. The van der Waals surface area contributed by atoms with E-state index in [0.29, 0.717) is 0 Å². The molecule has 1 aromatic rings. The van der Waals surface area contributed by atoms with Crippen LogP contribution in [0.3, 0.4) is 0 Å². The summed E-state index contributed by atoms with van der Waals surface area (Å²) in [6.07, 6.45) is -5.31. The molecule has 27 heavy (non-hydrogen) atoms. The molecule has 0 saturated carbocycles. The van der Waals surface area contributed by atoms with Crippen molar-refractivity contribution in [1.82, 2.24) is 15.1 Å². The van der Waals surface area contributed by atoms with Crippen LogP contribution >= 0.6 is 0 Å². The summed E-state index contributed by atoms with van der Waals surface area (Å²) >= 11 is 0. The zero-order valence-electron chi connectivity index (χ0n) is 15.0. The lowest BCUT2D eigenvalue weighted by atomic mass is 10.1. The van der Waals surface area contributed by atoms with Crippen LogP contribution in [0.2, 0.25) is 0 Å². The molecule has 0 spiro atoms. The summed E-state index contributed by atoms with van der Waals surface area (Å²) in [5, 5.41) is 16.8. The Morgan fingerprint density at radius 3 is 2.44 bits per heavy atom. The van der Waals surface area contributed by atoms with Gasteiger partial charge in [-0.15, -0.1) is 4.68 Å². The lowest BCUT2D eigenvalue weighted by Gasteiger charge is -2.22. The average Bonchev–Trinajstić information content (AvgIpc) is 2.82. The SMILES string of the molecule is Cn1ncc(C[C@H](NC(=O)OC(C)(C)C)C(=O)OCC(F)(F)F)c1[N+](=O)[O-]. The highest BCUT2D eigenvalue weighted by Gasteiger charge is 2.34. The molecule has 0 aliphatic carbocycles. The van der Waals surface area contributed by atoms with Crippen LogP contribution in [0.1, 0.15) is 26.3 Å². The first-order valence-corrected chi connectivity index (χ1v) is 7.58. The van der Waals surface area contributed by atoms with E-state index in [1.165, 1.54) is 27.8 Å². The van der Waals surface area contributed by atoms with Crippen molar-refractivity contribution >= 4 is 17.9 Å². The number of ether oxygens (including phenoxy) is 2. The van der Waals surface area contributed by atoms with Crippen molar-refractivity contribution in [3.05, 3.63) is 21.9 Å². The smallest absolute Gasteiger partial charge is 0.422 e. The number of carbonyl (C=O) groups excluding carboxylic acids is 2. The molecular formula is C14H19F3N4O6. The minimum atomic E-state index is -4.77. The van der Waals surface area contributed by atoms with Crippen LogP contribution in [-0.4, -0.2) is 51.2 Å². The maximum atomic E-state index is 12.3. The van der Waals surface area contributed by atoms with E-state index in [-0.39, 0.29) is 5.56 Å². The Kier molecular flexibility index (Phi) is 6.76. The Bertz CT molecular complexity index is 711. The number of carbonyl (C=O) groups is 2. The van der Waals surface area contributed by atoms with E-state index in [0.717, 1.165) is 10.9 Å². The van der Waals surface area contributed by atoms with Gasteiger partial charge in [0.05, 0.1) is 11.8 Å². The predicted octanol–water partition coefficient (Wildman–Crippen LogP) is 1.87. The third-order valence-electron chi connectivity index (χ3n) is 2.93. The van der Waals surface area contributed by atoms with E-state index in [4.69, 9.17) is 4.74 Å². The summed E-state index contributed by atoms with van der Waals surface area (Å²) in [6, 6.07) is -1.65. The molecule has 0 radical (unpaired) electrons. The normalized spacial score (nSPS) is 13.0. The van der Waals surface area contributed by atoms with Crippen LogP contribution in [-0.2, 0) is 27.7 Å². The molecule has 0 fully saturated rings. The number of alkyl halides is 3. The second kappa shape index (κ2) is 8.22. The van der Waals surface area contributed by atoms with E-state index in [1.54, 1.807) is 0 Å². The van der Waals surface area contributed by atoms with Crippen molar-refractivity contribution in [2.75, 3.05) is 6.61 Å².